The Morgan fingerprint density at radius 3 is 2.62 bits per heavy atom. The number of rotatable bonds is 6. The van der Waals surface area contributed by atoms with Crippen molar-refractivity contribution < 1.29 is 9.50 Å². The van der Waals surface area contributed by atoms with Crippen LogP contribution < -0.4 is 5.32 Å². The van der Waals surface area contributed by atoms with E-state index in [2.05, 4.69) is 10.3 Å². The van der Waals surface area contributed by atoms with Crippen LogP contribution in [0.4, 0.5) is 15.8 Å². The zero-order valence-corrected chi connectivity index (χ0v) is 17.5. The number of aliphatic hydroxyl groups is 1. The summed E-state index contributed by atoms with van der Waals surface area (Å²) in [5.41, 5.74) is 6.15. The Kier molecular flexibility index (Phi) is 5.17. The molecule has 5 rings (SSSR count). The Morgan fingerprint density at radius 2 is 1.88 bits per heavy atom. The third kappa shape index (κ3) is 3.98. The Balaban J connectivity index is 1.43. The van der Waals surface area contributed by atoms with Gasteiger partial charge in [-0.1, -0.05) is 24.3 Å². The predicted molar refractivity (Wildman–Crippen MR) is 123 cm³/mol. The first-order chi connectivity index (χ1) is 15.6. The first-order valence-corrected chi connectivity index (χ1v) is 10.3. The van der Waals surface area contributed by atoms with Crippen molar-refractivity contribution >= 4 is 22.3 Å². The second-order valence-corrected chi connectivity index (χ2v) is 7.75. The topological polar surface area (TPSA) is 67.9 Å². The molecule has 0 aliphatic rings. The zero-order valence-electron chi connectivity index (χ0n) is 17.5. The second kappa shape index (κ2) is 8.28. The zero-order chi connectivity index (χ0) is 22.1. The maximum atomic E-state index is 13.2. The molecule has 0 unspecified atom stereocenters. The fraction of sp³-hybridized carbons (Fsp3) is 0.120. The molecule has 0 spiro atoms. The summed E-state index contributed by atoms with van der Waals surface area (Å²) in [6.45, 7) is 2.40. The van der Waals surface area contributed by atoms with Crippen molar-refractivity contribution in [2.45, 2.75) is 20.1 Å². The Bertz CT molecular complexity index is 1390. The van der Waals surface area contributed by atoms with Crippen molar-refractivity contribution in [1.29, 1.82) is 0 Å². The largest absolute Gasteiger partial charge is 0.392 e. The number of fused-ring (bicyclic) bond motifs is 1. The standard InChI is InChI=1S/C25H22FN5O/c1-17-12-30(16-27-17)24-10-9-22(11-20(24)15-32)28-23-4-2-3-19-14-31(29-25(19)23)13-18-5-7-21(26)8-6-18/h2-12,14,16,28,32H,13,15H2,1H3. The first kappa shape index (κ1) is 20.0. The molecule has 0 fully saturated rings. The van der Waals surface area contributed by atoms with Crippen LogP contribution in [0.15, 0.2) is 79.4 Å². The molecule has 3 aromatic carbocycles. The van der Waals surface area contributed by atoms with Crippen LogP contribution in [0, 0.1) is 12.7 Å². The molecule has 32 heavy (non-hydrogen) atoms. The van der Waals surface area contributed by atoms with E-state index >= 15 is 0 Å². The molecule has 5 aromatic rings. The summed E-state index contributed by atoms with van der Waals surface area (Å²) in [6.07, 6.45) is 5.65. The molecule has 7 heteroatoms. The highest BCUT2D eigenvalue weighted by molar-refractivity contribution is 5.92. The summed E-state index contributed by atoms with van der Waals surface area (Å²) in [6, 6.07) is 18.3. The van der Waals surface area contributed by atoms with Crippen molar-refractivity contribution in [1.82, 2.24) is 19.3 Å². The van der Waals surface area contributed by atoms with Gasteiger partial charge in [-0.05, 0) is 48.9 Å². The van der Waals surface area contributed by atoms with Crippen molar-refractivity contribution in [3.63, 3.8) is 0 Å². The lowest BCUT2D eigenvalue weighted by Crippen LogP contribution is -2.01. The SMILES string of the molecule is Cc1cn(-c2ccc(Nc3cccc4cn(Cc5ccc(F)cc5)nc34)cc2CO)cn1. The van der Waals surface area contributed by atoms with Crippen molar-refractivity contribution in [3.8, 4) is 5.69 Å². The van der Waals surface area contributed by atoms with E-state index in [1.807, 2.05) is 65.0 Å². The number of aliphatic hydroxyl groups excluding tert-OH is 1. The highest BCUT2D eigenvalue weighted by Gasteiger charge is 2.10. The summed E-state index contributed by atoms with van der Waals surface area (Å²) < 4.78 is 16.9. The molecule has 0 saturated carbocycles. The van der Waals surface area contributed by atoms with Gasteiger partial charge >= 0.3 is 0 Å². The lowest BCUT2D eigenvalue weighted by atomic mass is 10.1. The molecular formula is C25H22FN5O. The van der Waals surface area contributed by atoms with Crippen LogP contribution >= 0.6 is 0 Å². The van der Waals surface area contributed by atoms with Crippen LogP contribution in [-0.4, -0.2) is 24.4 Å². The number of anilines is 2. The third-order valence-corrected chi connectivity index (χ3v) is 5.36. The van der Waals surface area contributed by atoms with E-state index in [1.165, 1.54) is 12.1 Å². The van der Waals surface area contributed by atoms with E-state index in [1.54, 1.807) is 18.5 Å². The predicted octanol–water partition coefficient (Wildman–Crippen LogP) is 4.95. The van der Waals surface area contributed by atoms with Gasteiger partial charge in [0, 0.05) is 29.0 Å². The summed E-state index contributed by atoms with van der Waals surface area (Å²) in [7, 11) is 0. The minimum atomic E-state index is -0.248. The Labute approximate surface area is 184 Å². The average molecular weight is 427 g/mol. The summed E-state index contributed by atoms with van der Waals surface area (Å²) in [5, 5.41) is 19.1. The number of imidazole rings is 1. The van der Waals surface area contributed by atoms with Gasteiger partial charge in [-0.25, -0.2) is 9.37 Å². The van der Waals surface area contributed by atoms with Crippen LogP contribution in [0.1, 0.15) is 16.8 Å². The van der Waals surface area contributed by atoms with Gasteiger partial charge in [0.2, 0.25) is 0 Å². The summed E-state index contributed by atoms with van der Waals surface area (Å²) >= 11 is 0. The third-order valence-electron chi connectivity index (χ3n) is 5.36. The van der Waals surface area contributed by atoms with Gasteiger partial charge in [0.1, 0.15) is 11.3 Å². The van der Waals surface area contributed by atoms with Gasteiger partial charge in [0.05, 0.1) is 36.5 Å². The van der Waals surface area contributed by atoms with E-state index in [9.17, 15) is 9.50 Å². The molecule has 0 aliphatic heterocycles. The molecule has 0 saturated heterocycles. The fourth-order valence-corrected chi connectivity index (χ4v) is 3.80. The van der Waals surface area contributed by atoms with Crippen molar-refractivity contribution in [2.24, 2.45) is 0 Å². The first-order valence-electron chi connectivity index (χ1n) is 10.3. The molecule has 0 amide bonds. The van der Waals surface area contributed by atoms with Gasteiger partial charge in [0.25, 0.3) is 0 Å². The highest BCUT2D eigenvalue weighted by atomic mass is 19.1. The number of aromatic nitrogens is 4. The quantitative estimate of drug-likeness (QED) is 0.402. The van der Waals surface area contributed by atoms with E-state index < -0.39 is 0 Å². The molecule has 0 atom stereocenters. The van der Waals surface area contributed by atoms with Gasteiger partial charge in [-0.15, -0.1) is 0 Å². The van der Waals surface area contributed by atoms with E-state index in [0.717, 1.165) is 44.8 Å². The molecular weight excluding hydrogens is 405 g/mol. The van der Waals surface area contributed by atoms with E-state index in [4.69, 9.17) is 5.10 Å². The molecule has 2 heterocycles. The van der Waals surface area contributed by atoms with Crippen molar-refractivity contribution in [2.75, 3.05) is 5.32 Å². The number of benzene rings is 3. The lowest BCUT2D eigenvalue weighted by Gasteiger charge is -2.12. The normalized spacial score (nSPS) is 11.2. The maximum absolute atomic E-state index is 13.2. The minimum Gasteiger partial charge on any atom is -0.392 e. The number of halogens is 1. The van der Waals surface area contributed by atoms with E-state index in [0.29, 0.717) is 6.54 Å². The van der Waals surface area contributed by atoms with Crippen LogP contribution in [0.2, 0.25) is 0 Å². The molecule has 160 valence electrons. The van der Waals surface area contributed by atoms with Gasteiger partial charge < -0.3 is 15.0 Å². The van der Waals surface area contributed by atoms with Crippen LogP contribution in [0.3, 0.4) is 0 Å². The van der Waals surface area contributed by atoms with Crippen LogP contribution in [0.25, 0.3) is 16.6 Å². The average Bonchev–Trinajstić information content (AvgIpc) is 3.41. The second-order valence-electron chi connectivity index (χ2n) is 7.75. The number of aryl methyl sites for hydroxylation is 1. The Hall–Kier alpha value is -3.97. The monoisotopic (exact) mass is 427 g/mol. The maximum Gasteiger partial charge on any atom is 0.123 e. The summed E-state index contributed by atoms with van der Waals surface area (Å²) in [5.74, 6) is -0.248. The molecule has 2 N–H and O–H groups in total. The smallest absolute Gasteiger partial charge is 0.123 e. The van der Waals surface area contributed by atoms with Gasteiger partial charge in [0.15, 0.2) is 0 Å². The number of hydrogen-bond acceptors (Lipinski definition) is 4. The number of nitrogens with zero attached hydrogens (tertiary/aromatic N) is 4. The summed E-state index contributed by atoms with van der Waals surface area (Å²) in [4.78, 5) is 4.27. The molecule has 0 bridgehead atoms. The Morgan fingerprint density at radius 1 is 1.03 bits per heavy atom. The molecule has 0 aliphatic carbocycles. The molecule has 2 aromatic heterocycles. The number of nitrogens with one attached hydrogen (secondary N) is 1. The number of hydrogen-bond donors (Lipinski definition) is 2. The minimum absolute atomic E-state index is 0.0847. The van der Waals surface area contributed by atoms with Crippen molar-refractivity contribution in [3.05, 3.63) is 102 Å². The van der Waals surface area contributed by atoms with E-state index in [-0.39, 0.29) is 12.4 Å². The fourth-order valence-electron chi connectivity index (χ4n) is 3.80. The van der Waals surface area contributed by atoms with Gasteiger partial charge in [-0.3, -0.25) is 4.68 Å². The molecule has 0 radical (unpaired) electrons. The lowest BCUT2D eigenvalue weighted by molar-refractivity contribution is 0.281. The van der Waals surface area contributed by atoms with Crippen LogP contribution in [0.5, 0.6) is 0 Å². The van der Waals surface area contributed by atoms with Gasteiger partial charge in [-0.2, -0.15) is 5.10 Å². The molecule has 6 nitrogen and oxygen atoms in total. The highest BCUT2D eigenvalue weighted by Crippen LogP contribution is 2.28. The van der Waals surface area contributed by atoms with Crippen LogP contribution in [-0.2, 0) is 13.2 Å².